The Balaban J connectivity index is 1.80. The average molecular weight is 450 g/mol. The van der Waals surface area contributed by atoms with Gasteiger partial charge in [-0.2, -0.15) is 5.10 Å². The van der Waals surface area contributed by atoms with Crippen LogP contribution < -0.4 is 4.74 Å². The highest BCUT2D eigenvalue weighted by molar-refractivity contribution is 8.26. The minimum absolute atomic E-state index is 0.0432. The molecule has 158 valence electrons. The summed E-state index contributed by atoms with van der Waals surface area (Å²) in [6, 6.07) is 17.8. The van der Waals surface area contributed by atoms with Crippen LogP contribution in [0.15, 0.2) is 65.7 Å². The van der Waals surface area contributed by atoms with Crippen molar-refractivity contribution in [3.63, 3.8) is 0 Å². The second kappa shape index (κ2) is 9.49. The molecule has 0 atom stereocenters. The molecule has 0 N–H and O–H groups in total. The number of hydrogen-bond donors (Lipinski definition) is 0. The van der Waals surface area contributed by atoms with Crippen molar-refractivity contribution in [1.29, 1.82) is 0 Å². The van der Waals surface area contributed by atoms with Crippen LogP contribution in [0.5, 0.6) is 5.75 Å². The Morgan fingerprint density at radius 3 is 2.68 bits per heavy atom. The average Bonchev–Trinajstić information content (AvgIpc) is 3.32. The van der Waals surface area contributed by atoms with Crippen LogP contribution in [0.25, 0.3) is 23.0 Å². The van der Waals surface area contributed by atoms with E-state index in [-0.39, 0.29) is 5.91 Å². The van der Waals surface area contributed by atoms with Crippen molar-refractivity contribution in [3.8, 4) is 22.7 Å². The summed E-state index contributed by atoms with van der Waals surface area (Å²) < 4.78 is 8.11. The number of carbonyl (C=O) groups is 1. The lowest BCUT2D eigenvalue weighted by Gasteiger charge is -2.11. The zero-order valence-corrected chi connectivity index (χ0v) is 19.1. The van der Waals surface area contributed by atoms with Gasteiger partial charge in [-0.05, 0) is 43.7 Å². The summed E-state index contributed by atoms with van der Waals surface area (Å²) in [6.45, 7) is 5.22. The molecule has 1 aromatic heterocycles. The van der Waals surface area contributed by atoms with E-state index in [1.807, 2.05) is 85.4 Å². The maximum Gasteiger partial charge on any atom is 0.266 e. The number of thioether (sulfide) groups is 1. The molecule has 0 spiro atoms. The Labute approximate surface area is 191 Å². The van der Waals surface area contributed by atoms with Gasteiger partial charge in [0.25, 0.3) is 5.91 Å². The Kier molecular flexibility index (Phi) is 6.53. The lowest BCUT2D eigenvalue weighted by Crippen LogP contribution is -2.28. The van der Waals surface area contributed by atoms with E-state index >= 15 is 0 Å². The molecule has 0 bridgehead atoms. The minimum atomic E-state index is -0.0432. The van der Waals surface area contributed by atoms with E-state index in [9.17, 15) is 4.79 Å². The highest BCUT2D eigenvalue weighted by Crippen LogP contribution is 2.35. The van der Waals surface area contributed by atoms with E-state index < -0.39 is 0 Å². The Morgan fingerprint density at radius 2 is 1.94 bits per heavy atom. The number of carbonyl (C=O) groups excluding carboxylic acids is 1. The summed E-state index contributed by atoms with van der Waals surface area (Å²) in [7, 11) is 0. The van der Waals surface area contributed by atoms with Crippen LogP contribution in [0, 0.1) is 0 Å². The first kappa shape index (κ1) is 21.3. The topological polar surface area (TPSA) is 47.4 Å². The number of rotatable bonds is 7. The van der Waals surface area contributed by atoms with E-state index in [2.05, 4.69) is 0 Å². The second-order valence-corrected chi connectivity index (χ2v) is 8.68. The van der Waals surface area contributed by atoms with Crippen LogP contribution >= 0.6 is 24.0 Å². The fourth-order valence-corrected chi connectivity index (χ4v) is 4.69. The number of ether oxygens (including phenoxy) is 1. The van der Waals surface area contributed by atoms with Gasteiger partial charge in [-0.25, -0.2) is 4.68 Å². The molecule has 0 aliphatic carbocycles. The van der Waals surface area contributed by atoms with Crippen molar-refractivity contribution in [2.24, 2.45) is 0 Å². The van der Waals surface area contributed by atoms with Crippen LogP contribution in [0.2, 0.25) is 0 Å². The van der Waals surface area contributed by atoms with Crippen molar-refractivity contribution < 1.29 is 9.53 Å². The maximum absolute atomic E-state index is 12.9. The van der Waals surface area contributed by atoms with Gasteiger partial charge in [0.1, 0.15) is 15.8 Å². The van der Waals surface area contributed by atoms with E-state index in [4.69, 9.17) is 22.1 Å². The molecule has 5 nitrogen and oxygen atoms in total. The largest absolute Gasteiger partial charge is 0.494 e. The third-order valence-corrected chi connectivity index (χ3v) is 6.17. The summed E-state index contributed by atoms with van der Waals surface area (Å²) in [5, 5.41) is 4.84. The number of hydrogen-bond acceptors (Lipinski definition) is 5. The summed E-state index contributed by atoms with van der Waals surface area (Å²) in [6.07, 6.45) is 4.70. The van der Waals surface area contributed by atoms with Crippen molar-refractivity contribution in [1.82, 2.24) is 14.7 Å². The lowest BCUT2D eigenvalue weighted by atomic mass is 10.1. The Hall–Kier alpha value is -2.90. The number of aromatic nitrogens is 2. The van der Waals surface area contributed by atoms with Crippen LogP contribution in [0.3, 0.4) is 0 Å². The van der Waals surface area contributed by atoms with Crippen molar-refractivity contribution in [2.75, 3.05) is 13.2 Å². The maximum atomic E-state index is 12.9. The zero-order valence-electron chi connectivity index (χ0n) is 17.4. The van der Waals surface area contributed by atoms with Gasteiger partial charge in [0.2, 0.25) is 0 Å². The highest BCUT2D eigenvalue weighted by atomic mass is 32.2. The quantitative estimate of drug-likeness (QED) is 0.350. The molecule has 2 aromatic carbocycles. The summed E-state index contributed by atoms with van der Waals surface area (Å²) in [4.78, 5) is 15.2. The summed E-state index contributed by atoms with van der Waals surface area (Å²) in [5.41, 5.74) is 3.51. The van der Waals surface area contributed by atoms with E-state index in [1.54, 1.807) is 4.90 Å². The molecule has 0 radical (unpaired) electrons. The molecular weight excluding hydrogens is 426 g/mol. The molecule has 4 rings (SSSR count). The monoisotopic (exact) mass is 449 g/mol. The molecule has 7 heteroatoms. The first-order valence-corrected chi connectivity index (χ1v) is 11.5. The van der Waals surface area contributed by atoms with Gasteiger partial charge in [0.15, 0.2) is 0 Å². The van der Waals surface area contributed by atoms with Crippen molar-refractivity contribution in [3.05, 3.63) is 71.3 Å². The summed E-state index contributed by atoms with van der Waals surface area (Å²) in [5.74, 6) is 0.743. The van der Waals surface area contributed by atoms with Crippen LogP contribution in [-0.2, 0) is 4.79 Å². The number of nitrogens with zero attached hydrogens (tertiary/aromatic N) is 3. The number of thiocarbonyl (C=S) groups is 1. The standard InChI is InChI=1S/C24H23N3O2S2/c1-3-13-26-23(28)21(31-24(26)30)15-18-16-27(19-10-6-5-7-11-19)25-22(18)17-9-8-12-20(14-17)29-4-2/h5-12,14-16H,3-4,13H2,1-2H3/b21-15-. The fourth-order valence-electron chi connectivity index (χ4n) is 3.39. The number of amides is 1. The normalized spacial score (nSPS) is 15.2. The lowest BCUT2D eigenvalue weighted by molar-refractivity contribution is -0.122. The predicted octanol–water partition coefficient (Wildman–Crippen LogP) is 5.55. The SMILES string of the molecule is CCCN1C(=O)/C(=C/c2cn(-c3ccccc3)nc2-c2cccc(OCC)c2)SC1=S. The predicted molar refractivity (Wildman–Crippen MR) is 130 cm³/mol. The van der Waals surface area contributed by atoms with E-state index in [0.29, 0.717) is 22.4 Å². The first-order chi connectivity index (χ1) is 15.1. The molecule has 1 aliphatic rings. The molecule has 31 heavy (non-hydrogen) atoms. The molecule has 1 aliphatic heterocycles. The van der Waals surface area contributed by atoms with Gasteiger partial charge in [0.05, 0.1) is 17.2 Å². The minimum Gasteiger partial charge on any atom is -0.494 e. The number of benzene rings is 2. The zero-order chi connectivity index (χ0) is 21.8. The van der Waals surface area contributed by atoms with Gasteiger partial charge < -0.3 is 4.74 Å². The highest BCUT2D eigenvalue weighted by Gasteiger charge is 2.31. The van der Waals surface area contributed by atoms with Crippen molar-refractivity contribution in [2.45, 2.75) is 20.3 Å². The molecule has 0 saturated carbocycles. The van der Waals surface area contributed by atoms with Gasteiger partial charge in [-0.15, -0.1) is 0 Å². The van der Waals surface area contributed by atoms with Gasteiger partial charge in [-0.3, -0.25) is 9.69 Å². The molecule has 3 aromatic rings. The molecule has 1 fully saturated rings. The number of para-hydroxylation sites is 1. The third kappa shape index (κ3) is 4.57. The molecule has 1 amide bonds. The van der Waals surface area contributed by atoms with Crippen LogP contribution in [-0.4, -0.2) is 38.1 Å². The van der Waals surface area contributed by atoms with Crippen LogP contribution in [0.4, 0.5) is 0 Å². The summed E-state index contributed by atoms with van der Waals surface area (Å²) >= 11 is 6.76. The van der Waals surface area contributed by atoms with Gasteiger partial charge >= 0.3 is 0 Å². The van der Waals surface area contributed by atoms with Gasteiger partial charge in [0, 0.05) is 23.9 Å². The Morgan fingerprint density at radius 1 is 1.13 bits per heavy atom. The molecule has 1 saturated heterocycles. The van der Waals surface area contributed by atoms with E-state index in [1.165, 1.54) is 11.8 Å². The fraction of sp³-hybridized carbons (Fsp3) is 0.208. The second-order valence-electron chi connectivity index (χ2n) is 7.01. The van der Waals surface area contributed by atoms with Gasteiger partial charge in [-0.1, -0.05) is 61.2 Å². The molecule has 2 heterocycles. The van der Waals surface area contributed by atoms with E-state index in [0.717, 1.165) is 34.7 Å². The first-order valence-electron chi connectivity index (χ1n) is 10.2. The molecule has 0 unspecified atom stereocenters. The van der Waals surface area contributed by atoms with Crippen LogP contribution in [0.1, 0.15) is 25.8 Å². The molecular formula is C24H23N3O2S2. The Bertz CT molecular complexity index is 1140. The smallest absolute Gasteiger partial charge is 0.266 e. The third-order valence-electron chi connectivity index (χ3n) is 4.79. The van der Waals surface area contributed by atoms with Crippen molar-refractivity contribution >= 4 is 40.3 Å².